The lowest BCUT2D eigenvalue weighted by Gasteiger charge is -1.94. The Morgan fingerprint density at radius 1 is 1.54 bits per heavy atom. The van der Waals surface area contributed by atoms with E-state index in [1.807, 2.05) is 0 Å². The van der Waals surface area contributed by atoms with E-state index in [1.165, 1.54) is 12.5 Å². The molecule has 0 radical (unpaired) electrons. The molecule has 0 atom stereocenters. The van der Waals surface area contributed by atoms with Crippen LogP contribution in [-0.4, -0.2) is 30.7 Å². The third-order valence-corrected chi connectivity index (χ3v) is 1.51. The van der Waals surface area contributed by atoms with Gasteiger partial charge in [-0.25, -0.2) is 24.4 Å². The van der Waals surface area contributed by atoms with E-state index >= 15 is 0 Å². The number of imidazole rings is 1. The Morgan fingerprint density at radius 3 is 3.00 bits per heavy atom. The number of carboxylic acids is 1. The van der Waals surface area contributed by atoms with E-state index in [-0.39, 0.29) is 5.82 Å². The summed E-state index contributed by atoms with van der Waals surface area (Å²) in [5, 5.41) is 8.58. The molecule has 0 saturated carbocycles. The predicted molar refractivity (Wildman–Crippen MR) is 42.4 cm³/mol. The SMILES string of the molecule is Nn1cnc2cnc(C(=O)O)nc21. The van der Waals surface area contributed by atoms with Gasteiger partial charge in [-0.05, 0) is 0 Å². The number of fused-ring (bicyclic) bond motifs is 1. The molecule has 3 N–H and O–H groups in total. The summed E-state index contributed by atoms with van der Waals surface area (Å²) in [7, 11) is 0. The van der Waals surface area contributed by atoms with Gasteiger partial charge in [0.25, 0.3) is 0 Å². The van der Waals surface area contributed by atoms with Crippen LogP contribution in [-0.2, 0) is 0 Å². The van der Waals surface area contributed by atoms with Crippen molar-refractivity contribution in [3.63, 3.8) is 0 Å². The van der Waals surface area contributed by atoms with Crippen molar-refractivity contribution in [2.24, 2.45) is 0 Å². The normalized spacial score (nSPS) is 10.5. The summed E-state index contributed by atoms with van der Waals surface area (Å²) in [4.78, 5) is 21.6. The Morgan fingerprint density at radius 2 is 2.31 bits per heavy atom. The topological polar surface area (TPSA) is 107 Å². The number of carboxylic acid groups (broad SMARTS) is 1. The van der Waals surface area contributed by atoms with Crippen molar-refractivity contribution in [2.75, 3.05) is 5.84 Å². The molecular weight excluding hydrogens is 174 g/mol. The lowest BCUT2D eigenvalue weighted by Crippen LogP contribution is -2.10. The first-order valence-corrected chi connectivity index (χ1v) is 3.37. The fourth-order valence-electron chi connectivity index (χ4n) is 0.930. The minimum Gasteiger partial charge on any atom is -0.475 e. The number of nitrogens with zero attached hydrogens (tertiary/aromatic N) is 4. The van der Waals surface area contributed by atoms with Crippen LogP contribution in [0.5, 0.6) is 0 Å². The van der Waals surface area contributed by atoms with E-state index < -0.39 is 5.97 Å². The highest BCUT2D eigenvalue weighted by atomic mass is 16.4. The molecule has 0 aliphatic carbocycles. The van der Waals surface area contributed by atoms with Crippen molar-refractivity contribution < 1.29 is 9.90 Å². The molecule has 0 amide bonds. The fraction of sp³-hybridized carbons (Fsp3) is 0. The highest BCUT2D eigenvalue weighted by molar-refractivity contribution is 5.85. The Hall–Kier alpha value is -2.18. The molecule has 0 aliphatic rings. The molecule has 0 unspecified atom stereocenters. The fourth-order valence-corrected chi connectivity index (χ4v) is 0.930. The van der Waals surface area contributed by atoms with Gasteiger partial charge in [-0.15, -0.1) is 0 Å². The van der Waals surface area contributed by atoms with Crippen molar-refractivity contribution in [1.29, 1.82) is 0 Å². The number of carbonyl (C=O) groups is 1. The highest BCUT2D eigenvalue weighted by Crippen LogP contribution is 2.05. The van der Waals surface area contributed by atoms with Crippen LogP contribution in [0.15, 0.2) is 12.5 Å². The second-order valence-corrected chi connectivity index (χ2v) is 2.36. The van der Waals surface area contributed by atoms with Gasteiger partial charge in [0.05, 0.1) is 6.20 Å². The molecule has 2 aromatic rings. The van der Waals surface area contributed by atoms with Crippen LogP contribution in [0.1, 0.15) is 10.6 Å². The quantitative estimate of drug-likeness (QED) is 0.557. The lowest BCUT2D eigenvalue weighted by molar-refractivity contribution is 0.0684. The summed E-state index contributed by atoms with van der Waals surface area (Å²) in [6, 6.07) is 0. The first kappa shape index (κ1) is 7.47. The number of rotatable bonds is 1. The minimum absolute atomic E-state index is 0.292. The zero-order valence-corrected chi connectivity index (χ0v) is 6.38. The van der Waals surface area contributed by atoms with Gasteiger partial charge in [0.15, 0.2) is 5.65 Å². The van der Waals surface area contributed by atoms with Crippen molar-refractivity contribution in [2.45, 2.75) is 0 Å². The van der Waals surface area contributed by atoms with E-state index in [4.69, 9.17) is 10.9 Å². The average Bonchev–Trinajstić information content (AvgIpc) is 2.47. The van der Waals surface area contributed by atoms with Gasteiger partial charge in [-0.1, -0.05) is 0 Å². The highest BCUT2D eigenvalue weighted by Gasteiger charge is 2.09. The van der Waals surface area contributed by atoms with Gasteiger partial charge in [-0.2, -0.15) is 0 Å². The zero-order chi connectivity index (χ0) is 9.42. The molecule has 0 spiro atoms. The maximum absolute atomic E-state index is 10.5. The van der Waals surface area contributed by atoms with Gasteiger partial charge in [0.2, 0.25) is 5.82 Å². The molecule has 0 aliphatic heterocycles. The molecule has 7 nitrogen and oxygen atoms in total. The molecule has 0 aromatic carbocycles. The van der Waals surface area contributed by atoms with E-state index in [0.29, 0.717) is 11.2 Å². The number of aromatic carboxylic acids is 1. The first-order chi connectivity index (χ1) is 6.18. The second kappa shape index (κ2) is 2.41. The smallest absolute Gasteiger partial charge is 0.374 e. The van der Waals surface area contributed by atoms with Gasteiger partial charge < -0.3 is 10.9 Å². The molecule has 0 saturated heterocycles. The Kier molecular flexibility index (Phi) is 1.38. The molecule has 13 heavy (non-hydrogen) atoms. The molecule has 0 bridgehead atoms. The van der Waals surface area contributed by atoms with Crippen LogP contribution in [0.4, 0.5) is 0 Å². The van der Waals surface area contributed by atoms with Crippen molar-refractivity contribution >= 4 is 17.1 Å². The number of nitrogens with two attached hydrogens (primary N) is 1. The zero-order valence-electron chi connectivity index (χ0n) is 6.38. The third kappa shape index (κ3) is 1.06. The van der Waals surface area contributed by atoms with E-state index in [2.05, 4.69) is 15.0 Å². The molecular formula is C6H5N5O2. The van der Waals surface area contributed by atoms with Crippen LogP contribution in [0, 0.1) is 0 Å². The summed E-state index contributed by atoms with van der Waals surface area (Å²) in [5.74, 6) is 3.93. The molecule has 7 heteroatoms. The summed E-state index contributed by atoms with van der Waals surface area (Å²) in [6.45, 7) is 0. The number of aromatic nitrogens is 4. The van der Waals surface area contributed by atoms with Crippen molar-refractivity contribution in [3.05, 3.63) is 18.3 Å². The average molecular weight is 179 g/mol. The van der Waals surface area contributed by atoms with Crippen LogP contribution < -0.4 is 5.84 Å². The van der Waals surface area contributed by atoms with Crippen LogP contribution in [0.25, 0.3) is 11.2 Å². The van der Waals surface area contributed by atoms with E-state index in [0.717, 1.165) is 4.68 Å². The Labute approximate surface area is 71.8 Å². The van der Waals surface area contributed by atoms with Gasteiger partial charge in [0, 0.05) is 0 Å². The molecule has 2 aromatic heterocycles. The first-order valence-electron chi connectivity index (χ1n) is 3.37. The largest absolute Gasteiger partial charge is 0.475 e. The van der Waals surface area contributed by atoms with Crippen LogP contribution in [0.2, 0.25) is 0 Å². The van der Waals surface area contributed by atoms with Crippen molar-refractivity contribution in [1.82, 2.24) is 19.6 Å². The van der Waals surface area contributed by atoms with Crippen LogP contribution in [0.3, 0.4) is 0 Å². The number of hydrogen-bond acceptors (Lipinski definition) is 5. The van der Waals surface area contributed by atoms with Gasteiger partial charge in [0.1, 0.15) is 11.8 Å². The number of nitrogen functional groups attached to an aromatic ring is 1. The van der Waals surface area contributed by atoms with E-state index in [9.17, 15) is 4.79 Å². The van der Waals surface area contributed by atoms with E-state index in [1.54, 1.807) is 0 Å². The standard InChI is InChI=1S/C6H5N5O2/c7-11-2-9-3-1-8-4(6(12)13)10-5(3)11/h1-2H,7H2,(H,12,13). The summed E-state index contributed by atoms with van der Waals surface area (Å²) in [6.07, 6.45) is 2.65. The molecule has 66 valence electrons. The lowest BCUT2D eigenvalue weighted by atomic mass is 10.5. The second-order valence-electron chi connectivity index (χ2n) is 2.36. The van der Waals surface area contributed by atoms with Gasteiger partial charge in [-0.3, -0.25) is 0 Å². The molecule has 2 rings (SSSR count). The monoisotopic (exact) mass is 179 g/mol. The molecule has 0 fully saturated rings. The maximum atomic E-state index is 10.5. The number of hydrogen-bond donors (Lipinski definition) is 2. The maximum Gasteiger partial charge on any atom is 0.374 e. The Balaban J connectivity index is 2.72. The Bertz CT molecular complexity index is 477. The van der Waals surface area contributed by atoms with Crippen LogP contribution >= 0.6 is 0 Å². The van der Waals surface area contributed by atoms with Crippen molar-refractivity contribution in [3.8, 4) is 0 Å². The van der Waals surface area contributed by atoms with Gasteiger partial charge >= 0.3 is 5.97 Å². The summed E-state index contributed by atoms with van der Waals surface area (Å²) >= 11 is 0. The third-order valence-electron chi connectivity index (χ3n) is 1.51. The minimum atomic E-state index is -1.19. The summed E-state index contributed by atoms with van der Waals surface area (Å²) < 4.78 is 1.14. The summed E-state index contributed by atoms with van der Waals surface area (Å²) in [5.41, 5.74) is 0.764. The molecule has 2 heterocycles. The predicted octanol–water partition coefficient (Wildman–Crippen LogP) is -0.762.